The lowest BCUT2D eigenvalue weighted by molar-refractivity contribution is -0.157. The lowest BCUT2D eigenvalue weighted by atomic mass is 9.85. The number of carbonyl (C=O) groups is 2. The fraction of sp³-hybridized carbons (Fsp3) is 0.846. The Morgan fingerprint density at radius 3 is 2.26 bits per heavy atom. The molecule has 6 nitrogen and oxygen atoms in total. The molecule has 0 saturated carbocycles. The van der Waals surface area contributed by atoms with Gasteiger partial charge in [-0.15, -0.1) is 0 Å². The molecule has 2 N–H and O–H groups in total. The molecule has 1 fully saturated rings. The fourth-order valence-corrected chi connectivity index (χ4v) is 2.25. The molecule has 1 aliphatic rings. The van der Waals surface area contributed by atoms with Crippen molar-refractivity contribution in [2.45, 2.75) is 32.8 Å². The van der Waals surface area contributed by atoms with E-state index in [-0.39, 0.29) is 12.1 Å². The van der Waals surface area contributed by atoms with Gasteiger partial charge in [0.1, 0.15) is 0 Å². The Labute approximate surface area is 113 Å². The number of hydrogen-bond donors (Lipinski definition) is 2. The van der Waals surface area contributed by atoms with Gasteiger partial charge < -0.3 is 19.8 Å². The van der Waals surface area contributed by atoms with Gasteiger partial charge in [-0.1, -0.05) is 0 Å². The second-order valence-electron chi connectivity index (χ2n) is 5.94. The molecule has 6 heteroatoms. The van der Waals surface area contributed by atoms with Crippen molar-refractivity contribution >= 4 is 11.9 Å². The van der Waals surface area contributed by atoms with Crippen molar-refractivity contribution in [3.63, 3.8) is 0 Å². The summed E-state index contributed by atoms with van der Waals surface area (Å²) in [6.45, 7) is 7.92. The summed E-state index contributed by atoms with van der Waals surface area (Å²) in [7, 11) is 0. The average Bonchev–Trinajstić information content (AvgIpc) is 2.26. The summed E-state index contributed by atoms with van der Waals surface area (Å²) in [5.41, 5.74) is -0.217. The van der Waals surface area contributed by atoms with E-state index in [2.05, 4.69) is 0 Å². The van der Waals surface area contributed by atoms with Crippen LogP contribution in [0.1, 0.15) is 27.2 Å². The van der Waals surface area contributed by atoms with Crippen molar-refractivity contribution in [3.8, 4) is 0 Å². The number of piperidine rings is 1. The number of rotatable bonds is 5. The van der Waals surface area contributed by atoms with Crippen LogP contribution in [0.4, 0.5) is 0 Å². The third-order valence-corrected chi connectivity index (χ3v) is 3.27. The van der Waals surface area contributed by atoms with E-state index in [0.29, 0.717) is 26.1 Å². The number of ether oxygens (including phenoxy) is 1. The van der Waals surface area contributed by atoms with Gasteiger partial charge in [0, 0.05) is 13.1 Å². The van der Waals surface area contributed by atoms with Crippen LogP contribution in [0.2, 0.25) is 0 Å². The van der Waals surface area contributed by atoms with Crippen LogP contribution < -0.4 is 0 Å². The Balaban J connectivity index is 2.48. The maximum Gasteiger partial charge on any atom is 0.308 e. The Bertz CT molecular complexity index is 336. The third-order valence-electron chi connectivity index (χ3n) is 3.27. The minimum Gasteiger partial charge on any atom is -0.481 e. The van der Waals surface area contributed by atoms with Crippen LogP contribution in [0.15, 0.2) is 0 Å². The Morgan fingerprint density at radius 2 is 1.79 bits per heavy atom. The second-order valence-corrected chi connectivity index (χ2v) is 5.94. The highest BCUT2D eigenvalue weighted by atomic mass is 16.5. The maximum absolute atomic E-state index is 11.1. The molecule has 0 aromatic heterocycles. The third kappa shape index (κ3) is 5.16. The molecule has 1 rings (SSSR count). The van der Waals surface area contributed by atoms with E-state index in [1.807, 2.05) is 25.7 Å². The van der Waals surface area contributed by atoms with Gasteiger partial charge in [-0.3, -0.25) is 9.59 Å². The topological polar surface area (TPSA) is 87.1 Å². The van der Waals surface area contributed by atoms with Crippen molar-refractivity contribution in [1.29, 1.82) is 0 Å². The van der Waals surface area contributed by atoms with Gasteiger partial charge in [-0.25, -0.2) is 0 Å². The van der Waals surface area contributed by atoms with Gasteiger partial charge >= 0.3 is 11.9 Å². The van der Waals surface area contributed by atoms with Crippen LogP contribution in [0.5, 0.6) is 0 Å². The summed E-state index contributed by atoms with van der Waals surface area (Å²) < 4.78 is 5.60. The summed E-state index contributed by atoms with van der Waals surface area (Å²) in [5.74, 6) is -3.66. The average molecular weight is 273 g/mol. The zero-order valence-corrected chi connectivity index (χ0v) is 11.8. The lowest BCUT2D eigenvalue weighted by Crippen LogP contribution is -2.47. The first kappa shape index (κ1) is 15.9. The number of hydrogen-bond acceptors (Lipinski definition) is 4. The molecule has 0 bridgehead atoms. The molecule has 0 aromatic rings. The van der Waals surface area contributed by atoms with Crippen molar-refractivity contribution in [1.82, 2.24) is 4.90 Å². The van der Waals surface area contributed by atoms with Crippen LogP contribution >= 0.6 is 0 Å². The van der Waals surface area contributed by atoms with E-state index in [9.17, 15) is 9.59 Å². The molecule has 0 aliphatic carbocycles. The van der Waals surface area contributed by atoms with E-state index in [0.717, 1.165) is 0 Å². The minimum atomic E-state index is -1.03. The van der Waals surface area contributed by atoms with E-state index in [1.54, 1.807) is 0 Å². The molecule has 110 valence electrons. The van der Waals surface area contributed by atoms with Gasteiger partial charge in [0.2, 0.25) is 0 Å². The number of carboxylic acid groups (broad SMARTS) is 2. The summed E-state index contributed by atoms with van der Waals surface area (Å²) in [5, 5.41) is 18.1. The molecular weight excluding hydrogens is 250 g/mol. The van der Waals surface area contributed by atoms with E-state index >= 15 is 0 Å². The van der Waals surface area contributed by atoms with E-state index in [4.69, 9.17) is 14.9 Å². The summed E-state index contributed by atoms with van der Waals surface area (Å²) >= 11 is 0. The number of nitrogens with zero attached hydrogens (tertiary/aromatic N) is 1. The van der Waals surface area contributed by atoms with Gasteiger partial charge in [0.05, 0.1) is 24.0 Å². The van der Waals surface area contributed by atoms with E-state index < -0.39 is 23.8 Å². The number of likely N-dealkylation sites (tertiary alicyclic amines) is 1. The van der Waals surface area contributed by atoms with Crippen LogP contribution in [0.25, 0.3) is 0 Å². The molecule has 2 unspecified atom stereocenters. The quantitative estimate of drug-likeness (QED) is 0.774. The maximum atomic E-state index is 11.1. The Hall–Kier alpha value is -1.14. The first-order valence-corrected chi connectivity index (χ1v) is 6.52. The predicted molar refractivity (Wildman–Crippen MR) is 69.0 cm³/mol. The highest BCUT2D eigenvalue weighted by Gasteiger charge is 2.38. The molecule has 19 heavy (non-hydrogen) atoms. The first-order valence-electron chi connectivity index (χ1n) is 6.52. The second kappa shape index (κ2) is 6.34. The Kier molecular flexibility index (Phi) is 5.31. The smallest absolute Gasteiger partial charge is 0.308 e. The molecule has 0 radical (unpaired) electrons. The van der Waals surface area contributed by atoms with Crippen molar-refractivity contribution in [3.05, 3.63) is 0 Å². The fourth-order valence-electron chi connectivity index (χ4n) is 2.25. The van der Waals surface area contributed by atoms with Crippen LogP contribution in [-0.4, -0.2) is 58.9 Å². The SMILES string of the molecule is CC(C)(C)OCCN1CCC(C(=O)O)C(C(=O)O)C1. The monoisotopic (exact) mass is 273 g/mol. The summed E-state index contributed by atoms with van der Waals surface area (Å²) in [6, 6.07) is 0. The minimum absolute atomic E-state index is 0.217. The highest BCUT2D eigenvalue weighted by molar-refractivity contribution is 5.80. The van der Waals surface area contributed by atoms with Crippen molar-refractivity contribution in [2.75, 3.05) is 26.2 Å². The van der Waals surface area contributed by atoms with Crippen LogP contribution in [0.3, 0.4) is 0 Å². The summed E-state index contributed by atoms with van der Waals surface area (Å²) in [4.78, 5) is 24.1. The van der Waals surface area contributed by atoms with Gasteiger partial charge in [0.15, 0.2) is 0 Å². The van der Waals surface area contributed by atoms with Crippen molar-refractivity contribution in [2.24, 2.45) is 11.8 Å². The number of carboxylic acids is 2. The van der Waals surface area contributed by atoms with Crippen molar-refractivity contribution < 1.29 is 24.5 Å². The zero-order chi connectivity index (χ0) is 14.6. The molecule has 0 aromatic carbocycles. The first-order chi connectivity index (χ1) is 8.70. The number of aliphatic carboxylic acids is 2. The molecule has 0 amide bonds. The molecular formula is C13H23NO5. The molecule has 1 heterocycles. The van der Waals surface area contributed by atoms with Crippen LogP contribution in [0, 0.1) is 11.8 Å². The summed E-state index contributed by atoms with van der Waals surface area (Å²) in [6.07, 6.45) is 0.377. The standard InChI is InChI=1S/C13H23NO5/c1-13(2,3)19-7-6-14-5-4-9(11(15)16)10(8-14)12(17)18/h9-10H,4-8H2,1-3H3,(H,15,16)(H,17,18). The van der Waals surface area contributed by atoms with E-state index in [1.165, 1.54) is 0 Å². The predicted octanol–water partition coefficient (Wildman–Crippen LogP) is 0.909. The van der Waals surface area contributed by atoms with Gasteiger partial charge in [-0.2, -0.15) is 0 Å². The lowest BCUT2D eigenvalue weighted by Gasteiger charge is -2.35. The highest BCUT2D eigenvalue weighted by Crippen LogP contribution is 2.24. The zero-order valence-electron chi connectivity index (χ0n) is 11.8. The van der Waals surface area contributed by atoms with Gasteiger partial charge in [-0.05, 0) is 33.7 Å². The largest absolute Gasteiger partial charge is 0.481 e. The molecule has 0 spiro atoms. The Morgan fingerprint density at radius 1 is 1.21 bits per heavy atom. The van der Waals surface area contributed by atoms with Crippen LogP contribution in [-0.2, 0) is 14.3 Å². The molecule has 1 aliphatic heterocycles. The normalized spacial score (nSPS) is 25.2. The molecule has 2 atom stereocenters. The van der Waals surface area contributed by atoms with Gasteiger partial charge in [0.25, 0.3) is 0 Å². The molecule has 1 saturated heterocycles.